The maximum atomic E-state index is 12.4. The van der Waals surface area contributed by atoms with Crippen LogP contribution in [0, 0.1) is 0 Å². The highest BCUT2D eigenvalue weighted by Crippen LogP contribution is 2.23. The number of benzene rings is 1. The molecule has 0 spiro atoms. The molecular weight excluding hydrogens is 338 g/mol. The van der Waals surface area contributed by atoms with E-state index in [2.05, 4.69) is 5.32 Å². The summed E-state index contributed by atoms with van der Waals surface area (Å²) in [6.45, 7) is 1.59. The second kappa shape index (κ2) is 9.91. The average Bonchev–Trinajstić information content (AvgIpc) is 2.60. The van der Waals surface area contributed by atoms with Gasteiger partial charge in [0, 0.05) is 6.92 Å². The fourth-order valence-electron chi connectivity index (χ4n) is 3.06. The first-order valence-electron chi connectivity index (χ1n) is 8.80. The zero-order valence-corrected chi connectivity index (χ0v) is 14.8. The second-order valence-electron chi connectivity index (χ2n) is 6.43. The Morgan fingerprint density at radius 3 is 2.54 bits per heavy atom. The molecule has 0 aliphatic heterocycles. The van der Waals surface area contributed by atoms with Gasteiger partial charge in [-0.15, -0.1) is 0 Å². The minimum atomic E-state index is -1.33. The van der Waals surface area contributed by atoms with Crippen LogP contribution in [0.5, 0.6) is 0 Å². The average molecular weight is 363 g/mol. The lowest BCUT2D eigenvalue weighted by Crippen LogP contribution is -2.50. The van der Waals surface area contributed by atoms with Crippen LogP contribution in [0.15, 0.2) is 30.3 Å². The highest BCUT2D eigenvalue weighted by atomic mass is 16.5. The first-order chi connectivity index (χ1) is 12.5. The molecule has 7 nitrogen and oxygen atoms in total. The van der Waals surface area contributed by atoms with Crippen molar-refractivity contribution in [1.29, 1.82) is 0 Å². The van der Waals surface area contributed by atoms with E-state index in [9.17, 15) is 14.4 Å². The minimum Gasteiger partial charge on any atom is -0.481 e. The van der Waals surface area contributed by atoms with Crippen molar-refractivity contribution in [2.45, 2.75) is 63.9 Å². The Labute approximate surface area is 152 Å². The second-order valence-corrected chi connectivity index (χ2v) is 6.43. The maximum absolute atomic E-state index is 12.4. The zero-order valence-electron chi connectivity index (χ0n) is 14.8. The lowest BCUT2D eigenvalue weighted by atomic mass is 9.92. The standard InChI is InChI=1S/C19H25NO6/c1-13(21)26-17(11-18(22)23)19(24)20-15-9-5-6-10-16(15)25-12-14-7-3-2-4-8-14/h2-4,7-8,15-17H,5-6,9-12H2,1H3,(H,20,24)(H,22,23)/t15?,16-,17-/m1/s1. The number of nitrogens with one attached hydrogen (secondary N) is 1. The molecule has 1 aliphatic carbocycles. The number of aliphatic carboxylic acids is 1. The van der Waals surface area contributed by atoms with Crippen LogP contribution in [0.3, 0.4) is 0 Å². The summed E-state index contributed by atoms with van der Waals surface area (Å²) in [5.74, 6) is -2.48. The van der Waals surface area contributed by atoms with Gasteiger partial charge in [-0.05, 0) is 18.4 Å². The number of hydrogen-bond acceptors (Lipinski definition) is 5. The number of carboxylic acids is 1. The van der Waals surface area contributed by atoms with E-state index in [0.717, 1.165) is 38.2 Å². The van der Waals surface area contributed by atoms with Crippen LogP contribution >= 0.6 is 0 Å². The Kier molecular flexibility index (Phi) is 7.59. The van der Waals surface area contributed by atoms with Gasteiger partial charge in [-0.25, -0.2) is 0 Å². The van der Waals surface area contributed by atoms with Crippen molar-refractivity contribution in [2.24, 2.45) is 0 Å². The van der Waals surface area contributed by atoms with Gasteiger partial charge in [-0.2, -0.15) is 0 Å². The Morgan fingerprint density at radius 2 is 1.88 bits per heavy atom. The monoisotopic (exact) mass is 363 g/mol. The number of carbonyl (C=O) groups excluding carboxylic acids is 2. The SMILES string of the molecule is CC(=O)O[C@H](CC(=O)O)C(=O)NC1CCCC[C@H]1OCc1ccccc1. The highest BCUT2D eigenvalue weighted by molar-refractivity contribution is 5.87. The van der Waals surface area contributed by atoms with Crippen molar-refractivity contribution in [2.75, 3.05) is 0 Å². The Morgan fingerprint density at radius 1 is 1.19 bits per heavy atom. The van der Waals surface area contributed by atoms with Crippen molar-refractivity contribution >= 4 is 17.8 Å². The van der Waals surface area contributed by atoms with E-state index in [-0.39, 0.29) is 12.1 Å². The van der Waals surface area contributed by atoms with Crippen molar-refractivity contribution < 1.29 is 29.0 Å². The lowest BCUT2D eigenvalue weighted by Gasteiger charge is -2.33. The molecular formula is C19H25NO6. The summed E-state index contributed by atoms with van der Waals surface area (Å²) in [7, 11) is 0. The first-order valence-corrected chi connectivity index (χ1v) is 8.80. The molecule has 142 valence electrons. The van der Waals surface area contributed by atoms with Crippen LogP contribution in [0.4, 0.5) is 0 Å². The molecule has 1 aromatic rings. The van der Waals surface area contributed by atoms with Gasteiger partial charge in [0.1, 0.15) is 0 Å². The fourth-order valence-corrected chi connectivity index (χ4v) is 3.06. The summed E-state index contributed by atoms with van der Waals surface area (Å²) in [4.78, 5) is 34.4. The quantitative estimate of drug-likeness (QED) is 0.685. The van der Waals surface area contributed by atoms with Crippen molar-refractivity contribution in [3.05, 3.63) is 35.9 Å². The molecule has 0 radical (unpaired) electrons. The first kappa shape index (κ1) is 19.9. The van der Waals surface area contributed by atoms with Gasteiger partial charge in [-0.1, -0.05) is 43.2 Å². The molecule has 7 heteroatoms. The summed E-state index contributed by atoms with van der Waals surface area (Å²) in [6.07, 6.45) is 1.47. The molecule has 1 aromatic carbocycles. The molecule has 0 aromatic heterocycles. The van der Waals surface area contributed by atoms with Gasteiger partial charge in [-0.3, -0.25) is 14.4 Å². The summed E-state index contributed by atoms with van der Waals surface area (Å²) in [5.41, 5.74) is 1.05. The summed E-state index contributed by atoms with van der Waals surface area (Å²) >= 11 is 0. The Bertz CT molecular complexity index is 602. The molecule has 3 atom stereocenters. The van der Waals surface area contributed by atoms with Crippen molar-refractivity contribution in [3.8, 4) is 0 Å². The van der Waals surface area contributed by atoms with Crippen LogP contribution in [0.1, 0.15) is 44.6 Å². The van der Waals surface area contributed by atoms with Crippen LogP contribution in [-0.4, -0.2) is 41.2 Å². The Balaban J connectivity index is 1.95. The van der Waals surface area contributed by atoms with Gasteiger partial charge < -0.3 is 19.9 Å². The molecule has 0 heterocycles. The molecule has 0 saturated heterocycles. The van der Waals surface area contributed by atoms with Crippen molar-refractivity contribution in [1.82, 2.24) is 5.32 Å². The van der Waals surface area contributed by atoms with Gasteiger partial charge in [0.2, 0.25) is 0 Å². The summed E-state index contributed by atoms with van der Waals surface area (Å²) < 4.78 is 10.8. The molecule has 1 fully saturated rings. The lowest BCUT2D eigenvalue weighted by molar-refractivity contribution is -0.158. The number of carboxylic acid groups (broad SMARTS) is 1. The van der Waals surface area contributed by atoms with Crippen molar-refractivity contribution in [3.63, 3.8) is 0 Å². The van der Waals surface area contributed by atoms with E-state index in [0.29, 0.717) is 6.61 Å². The van der Waals surface area contributed by atoms with Crippen LogP contribution in [0.25, 0.3) is 0 Å². The molecule has 1 saturated carbocycles. The molecule has 2 N–H and O–H groups in total. The summed E-state index contributed by atoms with van der Waals surface area (Å²) in [6, 6.07) is 9.53. The third kappa shape index (κ3) is 6.48. The minimum absolute atomic E-state index is 0.157. The highest BCUT2D eigenvalue weighted by Gasteiger charge is 2.31. The van der Waals surface area contributed by atoms with E-state index in [1.54, 1.807) is 0 Å². The third-order valence-electron chi connectivity index (χ3n) is 4.30. The van der Waals surface area contributed by atoms with Gasteiger partial charge in [0.25, 0.3) is 5.91 Å². The van der Waals surface area contributed by atoms with E-state index in [1.165, 1.54) is 0 Å². The molecule has 26 heavy (non-hydrogen) atoms. The largest absolute Gasteiger partial charge is 0.481 e. The van der Waals surface area contributed by atoms with E-state index >= 15 is 0 Å². The fraction of sp³-hybridized carbons (Fsp3) is 0.526. The predicted molar refractivity (Wildman–Crippen MR) is 93.2 cm³/mol. The van der Waals surface area contributed by atoms with Gasteiger partial charge >= 0.3 is 11.9 Å². The van der Waals surface area contributed by atoms with Gasteiger partial charge in [0.15, 0.2) is 6.10 Å². The Hall–Kier alpha value is -2.41. The normalized spacial score (nSPS) is 20.8. The number of ether oxygens (including phenoxy) is 2. The molecule has 1 aliphatic rings. The molecule has 1 unspecified atom stereocenters. The number of amides is 1. The third-order valence-corrected chi connectivity index (χ3v) is 4.30. The zero-order chi connectivity index (χ0) is 18.9. The number of carbonyl (C=O) groups is 3. The van der Waals surface area contributed by atoms with Crippen LogP contribution < -0.4 is 5.32 Å². The topological polar surface area (TPSA) is 102 Å². The predicted octanol–water partition coefficient (Wildman–Crippen LogP) is 2.04. The van der Waals surface area contributed by atoms with Crippen LogP contribution in [-0.2, 0) is 30.5 Å². The number of rotatable bonds is 8. The van der Waals surface area contributed by atoms with E-state index < -0.39 is 30.4 Å². The number of esters is 1. The molecule has 1 amide bonds. The molecule has 2 rings (SSSR count). The maximum Gasteiger partial charge on any atom is 0.307 e. The molecule has 0 bridgehead atoms. The summed E-state index contributed by atoms with van der Waals surface area (Å²) in [5, 5.41) is 11.7. The van der Waals surface area contributed by atoms with Crippen LogP contribution in [0.2, 0.25) is 0 Å². The van der Waals surface area contributed by atoms with Gasteiger partial charge in [0.05, 0.1) is 25.2 Å². The van der Waals surface area contributed by atoms with E-state index in [1.807, 2.05) is 30.3 Å². The van der Waals surface area contributed by atoms with E-state index in [4.69, 9.17) is 14.6 Å². The smallest absolute Gasteiger partial charge is 0.307 e. The number of hydrogen-bond donors (Lipinski definition) is 2.